The summed E-state index contributed by atoms with van der Waals surface area (Å²) in [6.07, 6.45) is -4.47. The fourth-order valence-electron chi connectivity index (χ4n) is 8.33. The van der Waals surface area contributed by atoms with Crippen molar-refractivity contribution in [3.05, 3.63) is 65.7 Å². The van der Waals surface area contributed by atoms with Crippen LogP contribution in [0.4, 0.5) is 29.3 Å². The first kappa shape index (κ1) is 34.1. The largest absolute Gasteiger partial charge is 0.495 e. The summed E-state index contributed by atoms with van der Waals surface area (Å²) < 4.78 is 49.9. The van der Waals surface area contributed by atoms with E-state index < -0.39 is 17.6 Å². The maximum atomic E-state index is 14.6. The normalized spacial score (nSPS) is 24.2. The first-order chi connectivity index (χ1) is 23.9. The van der Waals surface area contributed by atoms with Crippen LogP contribution in [0.3, 0.4) is 0 Å². The molecule has 14 heteroatoms. The first-order valence-electron chi connectivity index (χ1n) is 16.8. The Morgan fingerprint density at radius 3 is 2.46 bits per heavy atom. The minimum absolute atomic E-state index is 0.0947. The number of alkyl halides is 3. The highest BCUT2D eigenvalue weighted by molar-refractivity contribution is 6.09. The standard InChI is InChI=1S/C36H41F3N6O5/c1-41(2)29-10-9-27(25-6-4-5-7-26(25)29)30-19-24-21-43(20-23-8-11-31(49-3)28(18-23)40-32(46)36(37,38)39)22-35(24)33(47)44(34(48)45(30)35)13-12-42-14-16-50-17-15-42/h4-11,18,24,30H,12-17,19-22H2,1-3H3,(H,40,46)/t24-,30+,35?/m1/s1. The molecule has 1 unspecified atom stereocenters. The second kappa shape index (κ2) is 13.1. The van der Waals surface area contributed by atoms with Gasteiger partial charge in [-0.3, -0.25) is 24.3 Å². The minimum Gasteiger partial charge on any atom is -0.495 e. The molecule has 1 spiro atoms. The molecule has 3 aromatic carbocycles. The number of anilines is 2. The minimum atomic E-state index is -5.06. The molecule has 4 fully saturated rings. The highest BCUT2D eigenvalue weighted by atomic mass is 19.4. The molecule has 7 rings (SSSR count). The molecule has 0 saturated carbocycles. The molecule has 1 N–H and O–H groups in total. The van der Waals surface area contributed by atoms with Gasteiger partial charge in [0.2, 0.25) is 0 Å². The Balaban J connectivity index is 1.21. The van der Waals surface area contributed by atoms with Gasteiger partial charge >= 0.3 is 18.1 Å². The van der Waals surface area contributed by atoms with E-state index in [1.165, 1.54) is 24.1 Å². The van der Waals surface area contributed by atoms with Gasteiger partial charge in [-0.1, -0.05) is 36.4 Å². The molecule has 0 bridgehead atoms. The average molecular weight is 695 g/mol. The van der Waals surface area contributed by atoms with E-state index in [4.69, 9.17) is 9.47 Å². The topological polar surface area (TPSA) is 97.9 Å². The zero-order valence-corrected chi connectivity index (χ0v) is 28.3. The molecule has 4 aliphatic heterocycles. The van der Waals surface area contributed by atoms with E-state index in [1.807, 2.05) is 36.4 Å². The van der Waals surface area contributed by atoms with Crippen molar-refractivity contribution in [2.24, 2.45) is 5.92 Å². The Hall–Kier alpha value is -4.40. The number of carbonyl (C=O) groups is 3. The summed E-state index contributed by atoms with van der Waals surface area (Å²) in [7, 11) is 5.31. The number of imide groups is 1. The van der Waals surface area contributed by atoms with Gasteiger partial charge in [-0.25, -0.2) is 4.79 Å². The van der Waals surface area contributed by atoms with E-state index in [9.17, 15) is 27.6 Å². The number of hydrogen-bond acceptors (Lipinski definition) is 8. The van der Waals surface area contributed by atoms with Crippen LogP contribution in [0.25, 0.3) is 10.8 Å². The number of morpholine rings is 1. The number of rotatable bonds is 9. The van der Waals surface area contributed by atoms with E-state index in [2.05, 4.69) is 39.0 Å². The SMILES string of the molecule is COc1ccc(CN2C[C@H]3C[C@@H](c4ccc(N(C)C)c5ccccc45)N4C(=O)N(CCN5CCOCC5)C(=O)C34C2)cc1NC(=O)C(F)(F)F. The Bertz CT molecular complexity index is 1810. The van der Waals surface area contributed by atoms with E-state index in [-0.39, 0.29) is 48.4 Å². The molecule has 0 aliphatic carbocycles. The van der Waals surface area contributed by atoms with Crippen LogP contribution in [-0.2, 0) is 20.9 Å². The molecule has 4 aliphatic rings. The van der Waals surface area contributed by atoms with Crippen molar-refractivity contribution in [1.82, 2.24) is 19.6 Å². The molecule has 3 aromatic rings. The fourth-order valence-corrected chi connectivity index (χ4v) is 8.33. The molecule has 4 heterocycles. The second-order valence-electron chi connectivity index (χ2n) is 13.7. The van der Waals surface area contributed by atoms with Gasteiger partial charge < -0.3 is 24.6 Å². The third-order valence-electron chi connectivity index (χ3n) is 10.6. The van der Waals surface area contributed by atoms with Crippen molar-refractivity contribution in [2.45, 2.75) is 30.7 Å². The lowest BCUT2D eigenvalue weighted by Crippen LogP contribution is -2.51. The van der Waals surface area contributed by atoms with Crippen molar-refractivity contribution in [3.8, 4) is 5.75 Å². The van der Waals surface area contributed by atoms with Crippen molar-refractivity contribution < 1.29 is 37.0 Å². The number of methoxy groups -OCH3 is 1. The zero-order chi connectivity index (χ0) is 35.4. The molecule has 4 amide bonds. The van der Waals surface area contributed by atoms with E-state index in [1.54, 1.807) is 6.07 Å². The van der Waals surface area contributed by atoms with Crippen molar-refractivity contribution in [3.63, 3.8) is 0 Å². The summed E-state index contributed by atoms with van der Waals surface area (Å²) in [6, 6.07) is 16.4. The van der Waals surface area contributed by atoms with Gasteiger partial charge in [0.25, 0.3) is 5.91 Å². The number of fused-ring (bicyclic) bond motifs is 1. The number of nitrogens with zero attached hydrogens (tertiary/aromatic N) is 5. The average Bonchev–Trinajstić information content (AvgIpc) is 3.67. The Kier molecular flexibility index (Phi) is 8.89. The summed E-state index contributed by atoms with van der Waals surface area (Å²) in [4.78, 5) is 50.5. The summed E-state index contributed by atoms with van der Waals surface area (Å²) >= 11 is 0. The van der Waals surface area contributed by atoms with Crippen molar-refractivity contribution in [1.29, 1.82) is 0 Å². The van der Waals surface area contributed by atoms with Crippen LogP contribution in [0.15, 0.2) is 54.6 Å². The van der Waals surface area contributed by atoms with Gasteiger partial charge in [-0.15, -0.1) is 0 Å². The van der Waals surface area contributed by atoms with Crippen LogP contribution in [0.1, 0.15) is 23.6 Å². The summed E-state index contributed by atoms with van der Waals surface area (Å²) in [6.45, 7) is 4.61. The molecule has 266 valence electrons. The highest BCUT2D eigenvalue weighted by Crippen LogP contribution is 2.56. The number of benzene rings is 3. The third kappa shape index (κ3) is 5.82. The smallest absolute Gasteiger partial charge is 0.471 e. The lowest BCUT2D eigenvalue weighted by molar-refractivity contribution is -0.167. The number of ether oxygens (including phenoxy) is 2. The molecule has 11 nitrogen and oxygen atoms in total. The number of urea groups is 1. The number of nitrogens with one attached hydrogen (secondary N) is 1. The highest BCUT2D eigenvalue weighted by Gasteiger charge is 2.70. The van der Waals surface area contributed by atoms with Crippen molar-refractivity contribution >= 4 is 40.0 Å². The van der Waals surface area contributed by atoms with Crippen LogP contribution in [0.2, 0.25) is 0 Å². The van der Waals surface area contributed by atoms with E-state index in [0.29, 0.717) is 44.8 Å². The van der Waals surface area contributed by atoms with Crippen LogP contribution in [-0.4, -0.2) is 123 Å². The maximum Gasteiger partial charge on any atom is 0.471 e. The van der Waals surface area contributed by atoms with Crippen molar-refractivity contribution in [2.75, 3.05) is 83.9 Å². The summed E-state index contributed by atoms with van der Waals surface area (Å²) in [5, 5.41) is 4.02. The lowest BCUT2D eigenvalue weighted by Gasteiger charge is -2.33. The number of carbonyl (C=O) groups excluding carboxylic acids is 3. The van der Waals surface area contributed by atoms with Gasteiger partial charge in [0.05, 0.1) is 32.1 Å². The molecule has 0 radical (unpaired) electrons. The number of hydrogen-bond donors (Lipinski definition) is 1. The van der Waals surface area contributed by atoms with Gasteiger partial charge in [-0.05, 0) is 41.1 Å². The molecule has 4 saturated heterocycles. The maximum absolute atomic E-state index is 14.6. The van der Waals surface area contributed by atoms with Crippen LogP contribution in [0, 0.1) is 5.92 Å². The third-order valence-corrected chi connectivity index (χ3v) is 10.6. The summed E-state index contributed by atoms with van der Waals surface area (Å²) in [5.41, 5.74) is 1.51. The lowest BCUT2D eigenvalue weighted by atomic mass is 9.87. The summed E-state index contributed by atoms with van der Waals surface area (Å²) in [5.74, 6) is -2.38. The quantitative estimate of drug-likeness (QED) is 0.331. The zero-order valence-electron chi connectivity index (χ0n) is 28.3. The first-order valence-corrected chi connectivity index (χ1v) is 16.8. The molecule has 0 aromatic heterocycles. The van der Waals surface area contributed by atoms with Crippen LogP contribution >= 0.6 is 0 Å². The monoisotopic (exact) mass is 694 g/mol. The Morgan fingerprint density at radius 2 is 1.76 bits per heavy atom. The van der Waals surface area contributed by atoms with Gasteiger partial charge in [0, 0.05) is 76.9 Å². The van der Waals surface area contributed by atoms with Gasteiger partial charge in [-0.2, -0.15) is 13.2 Å². The predicted molar refractivity (Wildman–Crippen MR) is 181 cm³/mol. The van der Waals surface area contributed by atoms with Crippen LogP contribution in [0.5, 0.6) is 5.75 Å². The molecule has 50 heavy (non-hydrogen) atoms. The Labute approximate surface area is 288 Å². The van der Waals surface area contributed by atoms with Crippen LogP contribution < -0.4 is 15.0 Å². The molecular weight excluding hydrogens is 653 g/mol. The van der Waals surface area contributed by atoms with E-state index >= 15 is 0 Å². The van der Waals surface area contributed by atoms with E-state index in [0.717, 1.165) is 35.1 Å². The van der Waals surface area contributed by atoms with Gasteiger partial charge in [0.15, 0.2) is 0 Å². The molecule has 3 atom stereocenters. The number of amides is 4. The van der Waals surface area contributed by atoms with Gasteiger partial charge in [0.1, 0.15) is 11.3 Å². The number of halogens is 3. The Morgan fingerprint density at radius 1 is 1.02 bits per heavy atom. The predicted octanol–water partition coefficient (Wildman–Crippen LogP) is 4.33. The second-order valence-corrected chi connectivity index (χ2v) is 13.7. The molecular formula is C36H41F3N6O5. The fraction of sp³-hybridized carbons (Fsp3) is 0.472. The number of likely N-dealkylation sites (tertiary alicyclic amines) is 1.